The number of likely N-dealkylation sites (N-methyl/N-ethyl adjacent to an activating group) is 1. The van der Waals surface area contributed by atoms with Crippen molar-refractivity contribution in [3.8, 4) is 11.5 Å². The number of hydrogen-bond acceptors (Lipinski definition) is 4. The van der Waals surface area contributed by atoms with E-state index in [4.69, 9.17) is 9.41 Å². The second kappa shape index (κ2) is 11.4. The Morgan fingerprint density at radius 2 is 2.00 bits per heavy atom. The fourth-order valence-corrected chi connectivity index (χ4v) is 3.65. The van der Waals surface area contributed by atoms with Gasteiger partial charge in [-0.15, -0.1) is 24.0 Å². The summed E-state index contributed by atoms with van der Waals surface area (Å²) in [6, 6.07) is 10.6. The maximum atomic E-state index is 5.63. The van der Waals surface area contributed by atoms with E-state index >= 15 is 0 Å². The summed E-state index contributed by atoms with van der Waals surface area (Å²) >= 11 is 0. The van der Waals surface area contributed by atoms with Crippen LogP contribution in [0.1, 0.15) is 32.9 Å². The molecule has 0 saturated carbocycles. The first-order valence-electron chi connectivity index (χ1n) is 10.0. The molecule has 2 aromatic rings. The molecule has 1 aliphatic rings. The first-order chi connectivity index (χ1) is 13.2. The Balaban J connectivity index is 0.00000280. The van der Waals surface area contributed by atoms with Gasteiger partial charge < -0.3 is 14.6 Å². The number of aromatic nitrogens is 1. The zero-order valence-electron chi connectivity index (χ0n) is 17.1. The second-order valence-corrected chi connectivity index (χ2v) is 6.79. The topological polar surface area (TPSA) is 56.9 Å². The summed E-state index contributed by atoms with van der Waals surface area (Å²) in [6.07, 6.45) is 2.90. The minimum atomic E-state index is 0. The summed E-state index contributed by atoms with van der Waals surface area (Å²) in [6.45, 7) is 12.2. The third-order valence-electron chi connectivity index (χ3n) is 5.09. The quantitative estimate of drug-likeness (QED) is 0.358. The molecule has 1 saturated heterocycles. The first kappa shape index (κ1) is 22.7. The van der Waals surface area contributed by atoms with Gasteiger partial charge in [-0.2, -0.15) is 0 Å². The highest BCUT2D eigenvalue weighted by atomic mass is 127. The lowest BCUT2D eigenvalue weighted by molar-refractivity contribution is 0.223. The predicted octanol–water partition coefficient (Wildman–Crippen LogP) is 3.84. The van der Waals surface area contributed by atoms with Crippen molar-refractivity contribution in [3.05, 3.63) is 42.3 Å². The standard InChI is InChI=1S/C21H31N5O.HI/c1-4-22-21(26-13-12-19(15-26)25(5-2)6-3)23-14-18-16-27-20(24-18)17-10-8-7-9-11-17;/h7-11,16,19H,4-6,12-15H2,1-3H3,(H,22,23);1H. The van der Waals surface area contributed by atoms with Crippen LogP contribution in [0.3, 0.4) is 0 Å². The number of aliphatic imine (C=N–C) groups is 1. The number of hydrogen-bond donors (Lipinski definition) is 1. The number of guanidine groups is 1. The average Bonchev–Trinajstić information content (AvgIpc) is 3.37. The van der Waals surface area contributed by atoms with Gasteiger partial charge >= 0.3 is 0 Å². The Kier molecular flexibility index (Phi) is 9.24. The summed E-state index contributed by atoms with van der Waals surface area (Å²) in [5.41, 5.74) is 1.84. The van der Waals surface area contributed by atoms with Crippen LogP contribution in [0.5, 0.6) is 0 Å². The van der Waals surface area contributed by atoms with Gasteiger partial charge in [-0.1, -0.05) is 32.0 Å². The Bertz CT molecular complexity index is 729. The number of rotatable bonds is 7. The number of benzene rings is 1. The number of nitrogens with one attached hydrogen (secondary N) is 1. The monoisotopic (exact) mass is 497 g/mol. The van der Waals surface area contributed by atoms with Gasteiger partial charge in [0.1, 0.15) is 12.0 Å². The van der Waals surface area contributed by atoms with E-state index in [-0.39, 0.29) is 24.0 Å². The van der Waals surface area contributed by atoms with E-state index in [1.807, 2.05) is 30.3 Å². The molecule has 154 valence electrons. The molecule has 1 N–H and O–H groups in total. The van der Waals surface area contributed by atoms with Crippen LogP contribution >= 0.6 is 24.0 Å². The van der Waals surface area contributed by atoms with E-state index in [0.717, 1.165) is 49.9 Å². The summed E-state index contributed by atoms with van der Waals surface area (Å²) in [7, 11) is 0. The van der Waals surface area contributed by atoms with Crippen LogP contribution in [0.25, 0.3) is 11.5 Å². The SMILES string of the molecule is CCNC(=NCc1coc(-c2ccccc2)n1)N1CCC(N(CC)CC)C1.I. The molecule has 0 radical (unpaired) electrons. The molecule has 0 bridgehead atoms. The lowest BCUT2D eigenvalue weighted by Gasteiger charge is -2.27. The van der Waals surface area contributed by atoms with Crippen molar-refractivity contribution >= 4 is 29.9 Å². The summed E-state index contributed by atoms with van der Waals surface area (Å²) in [5.74, 6) is 1.62. The number of halogens is 1. The third-order valence-corrected chi connectivity index (χ3v) is 5.09. The largest absolute Gasteiger partial charge is 0.444 e. The van der Waals surface area contributed by atoms with Crippen LogP contribution in [0, 0.1) is 0 Å². The average molecular weight is 497 g/mol. The zero-order valence-corrected chi connectivity index (χ0v) is 19.4. The molecular formula is C21H32IN5O. The molecule has 2 heterocycles. The Hall–Kier alpha value is -1.61. The first-order valence-corrected chi connectivity index (χ1v) is 10.0. The number of nitrogens with zero attached hydrogens (tertiary/aromatic N) is 4. The number of oxazole rings is 1. The second-order valence-electron chi connectivity index (χ2n) is 6.79. The minimum Gasteiger partial charge on any atom is -0.444 e. The molecule has 7 heteroatoms. The summed E-state index contributed by atoms with van der Waals surface area (Å²) in [4.78, 5) is 14.3. The fourth-order valence-electron chi connectivity index (χ4n) is 3.65. The van der Waals surface area contributed by atoms with Crippen LogP contribution in [-0.4, -0.2) is 59.5 Å². The molecule has 6 nitrogen and oxygen atoms in total. The van der Waals surface area contributed by atoms with Crippen molar-refractivity contribution in [1.29, 1.82) is 0 Å². The molecule has 3 rings (SSSR count). The molecule has 1 aromatic heterocycles. The summed E-state index contributed by atoms with van der Waals surface area (Å²) in [5, 5.41) is 3.43. The van der Waals surface area contributed by atoms with Crippen molar-refractivity contribution in [2.75, 3.05) is 32.7 Å². The van der Waals surface area contributed by atoms with Crippen LogP contribution in [-0.2, 0) is 6.54 Å². The van der Waals surface area contributed by atoms with Crippen molar-refractivity contribution in [2.45, 2.75) is 39.8 Å². The van der Waals surface area contributed by atoms with Crippen LogP contribution in [0.2, 0.25) is 0 Å². The van der Waals surface area contributed by atoms with Gasteiger partial charge in [0.2, 0.25) is 5.89 Å². The molecule has 0 amide bonds. The van der Waals surface area contributed by atoms with Crippen LogP contribution in [0.4, 0.5) is 0 Å². The fraction of sp³-hybridized carbons (Fsp3) is 0.524. The van der Waals surface area contributed by atoms with Gasteiger partial charge in [0, 0.05) is 31.2 Å². The van der Waals surface area contributed by atoms with Crippen molar-refractivity contribution in [1.82, 2.24) is 20.1 Å². The maximum Gasteiger partial charge on any atom is 0.226 e. The van der Waals surface area contributed by atoms with E-state index in [0.29, 0.717) is 18.5 Å². The Morgan fingerprint density at radius 3 is 2.68 bits per heavy atom. The Labute approximate surface area is 185 Å². The van der Waals surface area contributed by atoms with Gasteiger partial charge in [-0.25, -0.2) is 9.98 Å². The van der Waals surface area contributed by atoms with Crippen molar-refractivity contribution in [2.24, 2.45) is 4.99 Å². The van der Waals surface area contributed by atoms with E-state index in [1.165, 1.54) is 6.42 Å². The molecule has 0 spiro atoms. The molecule has 1 fully saturated rings. The lowest BCUT2D eigenvalue weighted by atomic mass is 10.2. The molecule has 1 unspecified atom stereocenters. The normalized spacial score (nSPS) is 17.1. The molecular weight excluding hydrogens is 465 g/mol. The van der Waals surface area contributed by atoms with Gasteiger partial charge in [-0.05, 0) is 38.6 Å². The van der Waals surface area contributed by atoms with Gasteiger partial charge in [0.15, 0.2) is 5.96 Å². The number of likely N-dealkylation sites (tertiary alicyclic amines) is 1. The molecule has 28 heavy (non-hydrogen) atoms. The lowest BCUT2D eigenvalue weighted by Crippen LogP contribution is -2.43. The van der Waals surface area contributed by atoms with Gasteiger partial charge in [0.25, 0.3) is 0 Å². The molecule has 1 aliphatic heterocycles. The predicted molar refractivity (Wildman–Crippen MR) is 125 cm³/mol. The summed E-state index contributed by atoms with van der Waals surface area (Å²) < 4.78 is 5.63. The highest BCUT2D eigenvalue weighted by Crippen LogP contribution is 2.19. The van der Waals surface area contributed by atoms with E-state index in [9.17, 15) is 0 Å². The van der Waals surface area contributed by atoms with E-state index < -0.39 is 0 Å². The van der Waals surface area contributed by atoms with E-state index in [1.54, 1.807) is 6.26 Å². The van der Waals surface area contributed by atoms with Crippen LogP contribution < -0.4 is 5.32 Å². The highest BCUT2D eigenvalue weighted by molar-refractivity contribution is 14.0. The van der Waals surface area contributed by atoms with Crippen molar-refractivity contribution in [3.63, 3.8) is 0 Å². The van der Waals surface area contributed by atoms with E-state index in [2.05, 4.69) is 40.9 Å². The third kappa shape index (κ3) is 5.70. The Morgan fingerprint density at radius 1 is 1.25 bits per heavy atom. The maximum absolute atomic E-state index is 5.63. The molecule has 0 aliphatic carbocycles. The van der Waals surface area contributed by atoms with Crippen LogP contribution in [0.15, 0.2) is 46.0 Å². The zero-order chi connectivity index (χ0) is 19.1. The van der Waals surface area contributed by atoms with Gasteiger partial charge in [0.05, 0.1) is 6.54 Å². The minimum absolute atomic E-state index is 0. The highest BCUT2D eigenvalue weighted by Gasteiger charge is 2.28. The molecule has 1 aromatic carbocycles. The molecule has 1 atom stereocenters. The smallest absolute Gasteiger partial charge is 0.226 e. The van der Waals surface area contributed by atoms with Crippen molar-refractivity contribution < 1.29 is 4.42 Å². The van der Waals surface area contributed by atoms with Gasteiger partial charge in [-0.3, -0.25) is 4.90 Å².